The summed E-state index contributed by atoms with van der Waals surface area (Å²) in [6, 6.07) is 7.74. The summed E-state index contributed by atoms with van der Waals surface area (Å²) in [5.74, 6) is 1.48. The van der Waals surface area contributed by atoms with Gasteiger partial charge in [-0.1, -0.05) is 12.1 Å². The van der Waals surface area contributed by atoms with Crippen molar-refractivity contribution in [1.82, 2.24) is 4.90 Å². The van der Waals surface area contributed by atoms with Gasteiger partial charge in [0.15, 0.2) is 0 Å². The van der Waals surface area contributed by atoms with E-state index >= 15 is 0 Å². The molecule has 0 spiro atoms. The molecule has 1 unspecified atom stereocenters. The average molecular weight is 291 g/mol. The Bertz CT molecular complexity index is 442. The van der Waals surface area contributed by atoms with Crippen LogP contribution in [0.3, 0.4) is 0 Å². The molecule has 1 aromatic rings. The van der Waals surface area contributed by atoms with Crippen LogP contribution in [0.15, 0.2) is 24.3 Å². The molecule has 1 saturated heterocycles. The molecule has 116 valence electrons. The molecule has 0 radical (unpaired) electrons. The van der Waals surface area contributed by atoms with Gasteiger partial charge < -0.3 is 14.7 Å². The molecule has 1 amide bonds. The summed E-state index contributed by atoms with van der Waals surface area (Å²) in [5, 5.41) is 9.03. The fraction of sp³-hybridized carbons (Fsp3) is 0.588. The van der Waals surface area contributed by atoms with E-state index in [1.807, 2.05) is 36.1 Å². The second kappa shape index (κ2) is 8.03. The lowest BCUT2D eigenvalue weighted by Gasteiger charge is -2.32. The van der Waals surface area contributed by atoms with Crippen molar-refractivity contribution in [3.05, 3.63) is 29.8 Å². The number of hydrogen-bond acceptors (Lipinski definition) is 3. The zero-order chi connectivity index (χ0) is 15.1. The van der Waals surface area contributed by atoms with Gasteiger partial charge in [-0.25, -0.2) is 0 Å². The molecule has 2 rings (SSSR count). The van der Waals surface area contributed by atoms with Crippen molar-refractivity contribution in [2.75, 3.05) is 26.3 Å². The van der Waals surface area contributed by atoms with Gasteiger partial charge in [0.25, 0.3) is 0 Å². The van der Waals surface area contributed by atoms with Gasteiger partial charge in [-0.05, 0) is 49.8 Å². The van der Waals surface area contributed by atoms with Crippen molar-refractivity contribution in [2.45, 2.75) is 32.6 Å². The van der Waals surface area contributed by atoms with Gasteiger partial charge in [0.2, 0.25) is 5.91 Å². The van der Waals surface area contributed by atoms with Crippen molar-refractivity contribution in [1.29, 1.82) is 0 Å². The van der Waals surface area contributed by atoms with Crippen LogP contribution in [0.25, 0.3) is 0 Å². The summed E-state index contributed by atoms with van der Waals surface area (Å²) in [4.78, 5) is 14.3. The zero-order valence-corrected chi connectivity index (χ0v) is 12.8. The first-order valence-electron chi connectivity index (χ1n) is 7.83. The number of aliphatic hydroxyl groups is 1. The standard InChI is InChI=1S/C17H25NO3/c1-2-21-16-7-5-14(6-8-16)12-17(20)18-10-3-4-15(13-18)9-11-19/h5-8,15,19H,2-4,9-13H2,1H3. The maximum absolute atomic E-state index is 12.4. The highest BCUT2D eigenvalue weighted by Crippen LogP contribution is 2.20. The number of likely N-dealkylation sites (tertiary alicyclic amines) is 1. The van der Waals surface area contributed by atoms with Crippen LogP contribution in [0.5, 0.6) is 5.75 Å². The molecule has 1 aromatic carbocycles. The Morgan fingerprint density at radius 3 is 2.81 bits per heavy atom. The predicted molar refractivity (Wildman–Crippen MR) is 82.3 cm³/mol. The normalized spacial score (nSPS) is 18.6. The number of amides is 1. The Kier molecular flexibility index (Phi) is 6.05. The van der Waals surface area contributed by atoms with E-state index in [4.69, 9.17) is 9.84 Å². The quantitative estimate of drug-likeness (QED) is 0.874. The lowest BCUT2D eigenvalue weighted by Crippen LogP contribution is -2.40. The minimum atomic E-state index is 0.182. The molecule has 21 heavy (non-hydrogen) atoms. The number of aliphatic hydroxyl groups excluding tert-OH is 1. The SMILES string of the molecule is CCOc1ccc(CC(=O)N2CCCC(CCO)C2)cc1. The van der Waals surface area contributed by atoms with Crippen LogP contribution in [0.4, 0.5) is 0 Å². The summed E-state index contributed by atoms with van der Waals surface area (Å²) in [5.41, 5.74) is 1.02. The smallest absolute Gasteiger partial charge is 0.226 e. The van der Waals surface area contributed by atoms with E-state index in [0.29, 0.717) is 18.9 Å². The molecular weight excluding hydrogens is 266 g/mol. The second-order valence-electron chi connectivity index (χ2n) is 5.61. The van der Waals surface area contributed by atoms with Crippen molar-refractivity contribution in [3.63, 3.8) is 0 Å². The maximum atomic E-state index is 12.4. The number of piperidine rings is 1. The number of nitrogens with zero attached hydrogens (tertiary/aromatic N) is 1. The minimum Gasteiger partial charge on any atom is -0.494 e. The lowest BCUT2D eigenvalue weighted by molar-refractivity contribution is -0.132. The molecule has 0 bridgehead atoms. The van der Waals surface area contributed by atoms with Gasteiger partial charge in [0.1, 0.15) is 5.75 Å². The van der Waals surface area contributed by atoms with Crippen LogP contribution < -0.4 is 4.74 Å². The van der Waals surface area contributed by atoms with Crippen LogP contribution in [-0.4, -0.2) is 42.2 Å². The van der Waals surface area contributed by atoms with Crippen LogP contribution in [0, 0.1) is 5.92 Å². The Balaban J connectivity index is 1.88. The van der Waals surface area contributed by atoms with Crippen molar-refractivity contribution >= 4 is 5.91 Å². The third kappa shape index (κ3) is 4.74. The highest BCUT2D eigenvalue weighted by atomic mass is 16.5. The predicted octanol–water partition coefficient (Wildman–Crippen LogP) is 2.25. The van der Waals surface area contributed by atoms with E-state index in [1.54, 1.807) is 0 Å². The van der Waals surface area contributed by atoms with Gasteiger partial charge >= 0.3 is 0 Å². The highest BCUT2D eigenvalue weighted by Gasteiger charge is 2.23. The molecule has 1 N–H and O–H groups in total. The Hall–Kier alpha value is -1.55. The number of carbonyl (C=O) groups is 1. The molecule has 0 aliphatic carbocycles. The van der Waals surface area contributed by atoms with Gasteiger partial charge in [-0.3, -0.25) is 4.79 Å². The molecular formula is C17H25NO3. The first-order valence-corrected chi connectivity index (χ1v) is 7.83. The highest BCUT2D eigenvalue weighted by molar-refractivity contribution is 5.78. The van der Waals surface area contributed by atoms with E-state index in [-0.39, 0.29) is 12.5 Å². The second-order valence-corrected chi connectivity index (χ2v) is 5.61. The molecule has 0 aromatic heterocycles. The lowest BCUT2D eigenvalue weighted by atomic mass is 9.95. The number of carbonyl (C=O) groups excluding carboxylic acids is 1. The molecule has 4 heteroatoms. The molecule has 0 saturated carbocycles. The number of ether oxygens (including phenoxy) is 1. The number of benzene rings is 1. The van der Waals surface area contributed by atoms with Gasteiger partial charge in [0.05, 0.1) is 13.0 Å². The molecule has 1 fully saturated rings. The minimum absolute atomic E-state index is 0.182. The summed E-state index contributed by atoms with van der Waals surface area (Å²) in [6.07, 6.45) is 3.40. The average Bonchev–Trinajstić information content (AvgIpc) is 2.50. The molecule has 1 aliphatic rings. The maximum Gasteiger partial charge on any atom is 0.226 e. The van der Waals surface area contributed by atoms with Crippen LogP contribution in [0.2, 0.25) is 0 Å². The zero-order valence-electron chi connectivity index (χ0n) is 12.8. The summed E-state index contributed by atoms with van der Waals surface area (Å²) < 4.78 is 5.40. The monoisotopic (exact) mass is 291 g/mol. The topological polar surface area (TPSA) is 49.8 Å². The Labute approximate surface area is 126 Å². The van der Waals surface area contributed by atoms with Crippen LogP contribution in [-0.2, 0) is 11.2 Å². The first-order chi connectivity index (χ1) is 10.2. The van der Waals surface area contributed by atoms with Gasteiger partial charge in [-0.15, -0.1) is 0 Å². The first kappa shape index (κ1) is 15.8. The molecule has 1 aliphatic heterocycles. The Morgan fingerprint density at radius 1 is 1.38 bits per heavy atom. The van der Waals surface area contributed by atoms with Gasteiger partial charge in [0, 0.05) is 19.7 Å². The molecule has 4 nitrogen and oxygen atoms in total. The summed E-state index contributed by atoms with van der Waals surface area (Å²) >= 11 is 0. The van der Waals surface area contributed by atoms with Crippen LogP contribution in [0.1, 0.15) is 31.7 Å². The Morgan fingerprint density at radius 2 is 2.14 bits per heavy atom. The van der Waals surface area contributed by atoms with Crippen molar-refractivity contribution in [3.8, 4) is 5.75 Å². The molecule has 1 atom stereocenters. The van der Waals surface area contributed by atoms with Crippen molar-refractivity contribution < 1.29 is 14.6 Å². The summed E-state index contributed by atoms with van der Waals surface area (Å²) in [6.45, 7) is 4.45. The van der Waals surface area contributed by atoms with E-state index in [9.17, 15) is 4.79 Å². The van der Waals surface area contributed by atoms with Crippen molar-refractivity contribution in [2.24, 2.45) is 5.92 Å². The van der Waals surface area contributed by atoms with Gasteiger partial charge in [-0.2, -0.15) is 0 Å². The third-order valence-corrected chi connectivity index (χ3v) is 4.00. The largest absolute Gasteiger partial charge is 0.494 e. The van der Waals surface area contributed by atoms with E-state index in [0.717, 1.165) is 43.7 Å². The third-order valence-electron chi connectivity index (χ3n) is 4.00. The summed E-state index contributed by atoms with van der Waals surface area (Å²) in [7, 11) is 0. The van der Waals surface area contributed by atoms with E-state index in [2.05, 4.69) is 0 Å². The fourth-order valence-corrected chi connectivity index (χ4v) is 2.87. The molecule has 1 heterocycles. The number of rotatable bonds is 6. The van der Waals surface area contributed by atoms with Crippen LogP contribution >= 0.6 is 0 Å². The fourth-order valence-electron chi connectivity index (χ4n) is 2.87. The number of hydrogen-bond donors (Lipinski definition) is 1. The van der Waals surface area contributed by atoms with E-state index < -0.39 is 0 Å². The van der Waals surface area contributed by atoms with E-state index in [1.165, 1.54) is 0 Å².